The molecule has 0 fully saturated rings. The maximum absolute atomic E-state index is 11.7. The molecule has 1 aromatic carbocycles. The van der Waals surface area contributed by atoms with Crippen molar-refractivity contribution in [1.82, 2.24) is 10.9 Å². The van der Waals surface area contributed by atoms with Gasteiger partial charge in [-0.1, -0.05) is 0 Å². The summed E-state index contributed by atoms with van der Waals surface area (Å²) in [5.74, 6) is 0.213. The molecule has 2 amide bonds. The quantitative estimate of drug-likeness (QED) is 0.729. The number of fused-ring (bicyclic) bond motifs is 1. The van der Waals surface area contributed by atoms with Gasteiger partial charge in [-0.15, -0.1) is 0 Å². The van der Waals surface area contributed by atoms with Crippen LogP contribution in [0.4, 0.5) is 0 Å². The number of amides is 2. The molecule has 0 radical (unpaired) electrons. The number of rotatable bonds is 3. The van der Waals surface area contributed by atoms with Gasteiger partial charge >= 0.3 is 0 Å². The van der Waals surface area contributed by atoms with Gasteiger partial charge in [0.05, 0.1) is 0 Å². The molecule has 7 nitrogen and oxygen atoms in total. The Morgan fingerprint density at radius 1 is 1.28 bits per heavy atom. The van der Waals surface area contributed by atoms with Gasteiger partial charge in [0.2, 0.25) is 6.79 Å². The number of carbonyl (C=O) groups is 2. The Kier molecular flexibility index (Phi) is 3.63. The normalized spacial score (nSPS) is 12.1. The maximum atomic E-state index is 11.7. The molecule has 18 heavy (non-hydrogen) atoms. The number of ether oxygens (including phenoxy) is 3. The Morgan fingerprint density at radius 3 is 2.83 bits per heavy atom. The fraction of sp³-hybridized carbons (Fsp3) is 0.273. The maximum Gasteiger partial charge on any atom is 0.269 e. The van der Waals surface area contributed by atoms with Crippen LogP contribution in [0.15, 0.2) is 18.2 Å². The summed E-state index contributed by atoms with van der Waals surface area (Å²) in [5, 5.41) is 0. The minimum absolute atomic E-state index is 0.124. The minimum atomic E-state index is -0.447. The molecule has 1 heterocycles. The molecule has 96 valence electrons. The number of nitrogens with one attached hydrogen (secondary N) is 2. The van der Waals surface area contributed by atoms with Gasteiger partial charge in [-0.2, -0.15) is 0 Å². The van der Waals surface area contributed by atoms with Crippen LogP contribution >= 0.6 is 0 Å². The second kappa shape index (κ2) is 5.37. The van der Waals surface area contributed by atoms with Gasteiger partial charge in [0.15, 0.2) is 11.5 Å². The molecule has 0 unspecified atom stereocenters. The van der Waals surface area contributed by atoms with Crippen molar-refractivity contribution in [3.63, 3.8) is 0 Å². The van der Waals surface area contributed by atoms with Crippen molar-refractivity contribution in [2.24, 2.45) is 0 Å². The second-order valence-electron chi connectivity index (χ2n) is 3.50. The molecule has 0 aliphatic carbocycles. The van der Waals surface area contributed by atoms with E-state index in [9.17, 15) is 9.59 Å². The number of carbonyl (C=O) groups excluding carboxylic acids is 2. The van der Waals surface area contributed by atoms with Crippen molar-refractivity contribution in [3.8, 4) is 11.5 Å². The standard InChI is InChI=1S/C11H12N2O5/c1-16-5-10(14)12-13-11(15)7-2-3-8-9(4-7)18-6-17-8/h2-4H,5-6H2,1H3,(H,12,14)(H,13,15). The van der Waals surface area contributed by atoms with Gasteiger partial charge < -0.3 is 14.2 Å². The van der Waals surface area contributed by atoms with E-state index in [1.165, 1.54) is 7.11 Å². The fourth-order valence-corrected chi connectivity index (χ4v) is 1.40. The van der Waals surface area contributed by atoms with E-state index in [0.29, 0.717) is 17.1 Å². The van der Waals surface area contributed by atoms with Gasteiger partial charge in [0.1, 0.15) is 6.61 Å². The lowest BCUT2D eigenvalue weighted by Gasteiger charge is -2.07. The summed E-state index contributed by atoms with van der Waals surface area (Å²) in [5.41, 5.74) is 4.83. The van der Waals surface area contributed by atoms with Gasteiger partial charge in [-0.3, -0.25) is 20.4 Å². The molecule has 1 aliphatic heterocycles. The molecule has 0 aromatic heterocycles. The Hall–Kier alpha value is -2.28. The molecule has 1 aliphatic rings. The van der Waals surface area contributed by atoms with Crippen molar-refractivity contribution in [2.45, 2.75) is 0 Å². The molecule has 2 rings (SSSR count). The van der Waals surface area contributed by atoms with E-state index in [2.05, 4.69) is 15.6 Å². The van der Waals surface area contributed by atoms with Gasteiger partial charge in [-0.25, -0.2) is 0 Å². The Labute approximate surface area is 103 Å². The number of hydrazine groups is 1. The molecule has 1 aromatic rings. The Bertz CT molecular complexity index is 475. The van der Waals surface area contributed by atoms with Crippen molar-refractivity contribution in [3.05, 3.63) is 23.8 Å². The summed E-state index contributed by atoms with van der Waals surface area (Å²) in [6.45, 7) is 0.0202. The number of hydrogen-bond donors (Lipinski definition) is 2. The summed E-state index contributed by atoms with van der Waals surface area (Å²) in [6.07, 6.45) is 0. The average molecular weight is 252 g/mol. The second-order valence-corrected chi connectivity index (χ2v) is 3.50. The fourth-order valence-electron chi connectivity index (χ4n) is 1.40. The van der Waals surface area contributed by atoms with E-state index in [1.807, 2.05) is 0 Å². The Balaban J connectivity index is 1.95. The largest absolute Gasteiger partial charge is 0.454 e. The van der Waals surface area contributed by atoms with E-state index in [0.717, 1.165) is 0 Å². The summed E-state index contributed by atoms with van der Waals surface area (Å²) in [6, 6.07) is 4.75. The van der Waals surface area contributed by atoms with Crippen LogP contribution < -0.4 is 20.3 Å². The summed E-state index contributed by atoms with van der Waals surface area (Å²) in [7, 11) is 1.39. The van der Waals surface area contributed by atoms with Crippen LogP contribution in [0.5, 0.6) is 11.5 Å². The third-order valence-corrected chi connectivity index (χ3v) is 2.23. The van der Waals surface area contributed by atoms with Crippen LogP contribution in [0.1, 0.15) is 10.4 Å². The third-order valence-electron chi connectivity index (χ3n) is 2.23. The number of benzene rings is 1. The van der Waals surface area contributed by atoms with Crippen molar-refractivity contribution in [2.75, 3.05) is 20.5 Å². The molecule has 0 spiro atoms. The molecule has 0 saturated heterocycles. The Morgan fingerprint density at radius 2 is 2.06 bits per heavy atom. The zero-order valence-corrected chi connectivity index (χ0v) is 9.69. The lowest BCUT2D eigenvalue weighted by molar-refractivity contribution is -0.125. The van der Waals surface area contributed by atoms with Crippen LogP contribution in [-0.2, 0) is 9.53 Å². The van der Waals surface area contributed by atoms with Crippen LogP contribution in [0.25, 0.3) is 0 Å². The van der Waals surface area contributed by atoms with Crippen LogP contribution in [-0.4, -0.2) is 32.3 Å². The molecule has 7 heteroatoms. The highest BCUT2D eigenvalue weighted by Gasteiger charge is 2.16. The number of methoxy groups -OCH3 is 1. The van der Waals surface area contributed by atoms with E-state index in [4.69, 9.17) is 9.47 Å². The number of hydrogen-bond acceptors (Lipinski definition) is 5. The SMILES string of the molecule is COCC(=O)NNC(=O)c1ccc2c(c1)OCO2. The van der Waals surface area contributed by atoms with Gasteiger partial charge in [0, 0.05) is 12.7 Å². The van der Waals surface area contributed by atoms with Crippen molar-refractivity contribution >= 4 is 11.8 Å². The predicted molar refractivity (Wildman–Crippen MR) is 60.0 cm³/mol. The average Bonchev–Trinajstić information content (AvgIpc) is 2.83. The molecule has 0 atom stereocenters. The summed E-state index contributed by atoms with van der Waals surface area (Å²) in [4.78, 5) is 22.8. The smallest absolute Gasteiger partial charge is 0.269 e. The first-order valence-electron chi connectivity index (χ1n) is 5.18. The van der Waals surface area contributed by atoms with Gasteiger partial charge in [-0.05, 0) is 18.2 Å². The predicted octanol–water partition coefficient (Wildman–Crippen LogP) is -0.177. The highest BCUT2D eigenvalue weighted by atomic mass is 16.7. The summed E-state index contributed by atoms with van der Waals surface area (Å²) < 4.78 is 14.9. The molecule has 0 saturated carbocycles. The first-order chi connectivity index (χ1) is 8.70. The molecule has 0 bridgehead atoms. The van der Waals surface area contributed by atoms with Crippen LogP contribution in [0, 0.1) is 0 Å². The molecule has 2 N–H and O–H groups in total. The van der Waals surface area contributed by atoms with E-state index in [-0.39, 0.29) is 13.4 Å². The monoisotopic (exact) mass is 252 g/mol. The van der Waals surface area contributed by atoms with Crippen LogP contribution in [0.2, 0.25) is 0 Å². The van der Waals surface area contributed by atoms with E-state index >= 15 is 0 Å². The van der Waals surface area contributed by atoms with Crippen molar-refractivity contribution in [1.29, 1.82) is 0 Å². The molecular formula is C11H12N2O5. The lowest BCUT2D eigenvalue weighted by Crippen LogP contribution is -2.43. The van der Waals surface area contributed by atoms with E-state index in [1.54, 1.807) is 18.2 Å². The highest BCUT2D eigenvalue weighted by molar-refractivity contribution is 5.96. The minimum Gasteiger partial charge on any atom is -0.454 e. The lowest BCUT2D eigenvalue weighted by atomic mass is 10.2. The topological polar surface area (TPSA) is 85.9 Å². The third kappa shape index (κ3) is 2.69. The zero-order chi connectivity index (χ0) is 13.0. The first kappa shape index (κ1) is 12.2. The van der Waals surface area contributed by atoms with Crippen molar-refractivity contribution < 1.29 is 23.8 Å². The zero-order valence-electron chi connectivity index (χ0n) is 9.69. The van der Waals surface area contributed by atoms with Crippen LogP contribution in [0.3, 0.4) is 0 Å². The first-order valence-corrected chi connectivity index (χ1v) is 5.18. The summed E-state index contributed by atoms with van der Waals surface area (Å²) >= 11 is 0. The molecular weight excluding hydrogens is 240 g/mol. The van der Waals surface area contributed by atoms with Gasteiger partial charge in [0.25, 0.3) is 11.8 Å². The highest BCUT2D eigenvalue weighted by Crippen LogP contribution is 2.32. The van der Waals surface area contributed by atoms with E-state index < -0.39 is 11.8 Å².